The molecule has 0 aliphatic carbocycles. The quantitative estimate of drug-likeness (QED) is 0.494. The Morgan fingerprint density at radius 3 is 2.67 bits per heavy atom. The number of hydrogen-bond acceptors (Lipinski definition) is 6. The van der Waals surface area contributed by atoms with Gasteiger partial charge in [0.2, 0.25) is 0 Å². The van der Waals surface area contributed by atoms with Crippen molar-refractivity contribution in [2.45, 2.75) is 33.2 Å². The molecule has 2 heterocycles. The summed E-state index contributed by atoms with van der Waals surface area (Å²) < 4.78 is 0. The van der Waals surface area contributed by atoms with Gasteiger partial charge in [-0.15, -0.1) is 0 Å². The van der Waals surface area contributed by atoms with Gasteiger partial charge in [0, 0.05) is 24.4 Å². The summed E-state index contributed by atoms with van der Waals surface area (Å²) in [5, 5.41) is 14.9. The Morgan fingerprint density at radius 1 is 1.30 bits per heavy atom. The van der Waals surface area contributed by atoms with E-state index in [0.717, 1.165) is 11.1 Å². The molecule has 1 aromatic carbocycles. The summed E-state index contributed by atoms with van der Waals surface area (Å²) in [6.45, 7) is 8.58. The SMILES string of the molecule is CC1=CC(C)(C)N(C)c2cc(C)c(/C=N/Nc3ccc([N+](=O)[O-])cn3)cc21. The van der Waals surface area contributed by atoms with Gasteiger partial charge in [-0.05, 0) is 62.6 Å². The first-order valence-corrected chi connectivity index (χ1v) is 8.67. The number of hydrogen-bond donors (Lipinski definition) is 1. The highest BCUT2D eigenvalue weighted by Gasteiger charge is 2.28. The summed E-state index contributed by atoms with van der Waals surface area (Å²) in [5.74, 6) is 0.449. The second kappa shape index (κ2) is 6.83. The van der Waals surface area contributed by atoms with E-state index in [-0.39, 0.29) is 11.2 Å². The van der Waals surface area contributed by atoms with Gasteiger partial charge in [0.1, 0.15) is 12.0 Å². The van der Waals surface area contributed by atoms with Crippen molar-refractivity contribution in [1.82, 2.24) is 4.98 Å². The summed E-state index contributed by atoms with van der Waals surface area (Å²) in [5.41, 5.74) is 8.50. The predicted octanol–water partition coefficient (Wildman–Crippen LogP) is 4.38. The van der Waals surface area contributed by atoms with Crippen LogP contribution in [0, 0.1) is 17.0 Å². The van der Waals surface area contributed by atoms with E-state index in [2.05, 4.69) is 73.4 Å². The molecule has 0 saturated heterocycles. The molecule has 3 rings (SSSR count). The van der Waals surface area contributed by atoms with Crippen LogP contribution in [0.5, 0.6) is 0 Å². The molecule has 0 spiro atoms. The maximum atomic E-state index is 10.7. The summed E-state index contributed by atoms with van der Waals surface area (Å²) in [6.07, 6.45) is 5.21. The van der Waals surface area contributed by atoms with E-state index in [4.69, 9.17) is 0 Å². The highest BCUT2D eigenvalue weighted by Crippen LogP contribution is 2.38. The summed E-state index contributed by atoms with van der Waals surface area (Å²) in [4.78, 5) is 16.4. The lowest BCUT2D eigenvalue weighted by Crippen LogP contribution is -2.42. The van der Waals surface area contributed by atoms with E-state index in [1.807, 2.05) is 0 Å². The van der Waals surface area contributed by atoms with Crippen molar-refractivity contribution in [3.8, 4) is 0 Å². The second-order valence-corrected chi connectivity index (χ2v) is 7.29. The standard InChI is InChI=1S/C20H23N5O2/c1-13-8-18-17(14(2)10-20(3,4)24(18)5)9-15(13)11-22-23-19-7-6-16(12-21-19)25(26)27/h6-12H,1-5H3,(H,21,23)/b22-11+. The van der Waals surface area contributed by atoms with Crippen molar-refractivity contribution < 1.29 is 4.92 Å². The summed E-state index contributed by atoms with van der Waals surface area (Å²) >= 11 is 0. The van der Waals surface area contributed by atoms with Gasteiger partial charge in [0.15, 0.2) is 0 Å². The van der Waals surface area contributed by atoms with E-state index in [1.165, 1.54) is 35.2 Å². The van der Waals surface area contributed by atoms with Crippen LogP contribution in [0.4, 0.5) is 17.2 Å². The van der Waals surface area contributed by atoms with Gasteiger partial charge in [0.25, 0.3) is 5.69 Å². The van der Waals surface area contributed by atoms with E-state index in [9.17, 15) is 10.1 Å². The highest BCUT2D eigenvalue weighted by atomic mass is 16.6. The third-order valence-corrected chi connectivity index (χ3v) is 4.95. The number of hydrazone groups is 1. The molecule has 0 amide bonds. The minimum Gasteiger partial charge on any atom is -0.365 e. The minimum absolute atomic E-state index is 0.0255. The molecule has 140 valence electrons. The van der Waals surface area contributed by atoms with Gasteiger partial charge in [-0.25, -0.2) is 4.98 Å². The third kappa shape index (κ3) is 3.67. The van der Waals surface area contributed by atoms with Crippen LogP contribution in [0.2, 0.25) is 0 Å². The molecule has 1 aliphatic rings. The average molecular weight is 365 g/mol. The van der Waals surface area contributed by atoms with Gasteiger partial charge in [-0.1, -0.05) is 6.08 Å². The van der Waals surface area contributed by atoms with E-state index >= 15 is 0 Å². The molecule has 0 saturated carbocycles. The minimum atomic E-state index is -0.481. The van der Waals surface area contributed by atoms with Crippen LogP contribution in [0.3, 0.4) is 0 Å². The molecule has 0 atom stereocenters. The number of aryl methyl sites for hydroxylation is 1. The zero-order chi connectivity index (χ0) is 19.8. The van der Waals surface area contributed by atoms with Gasteiger partial charge in [-0.3, -0.25) is 15.5 Å². The molecule has 0 unspecified atom stereocenters. The monoisotopic (exact) mass is 365 g/mol. The first kappa shape index (κ1) is 18.6. The summed E-state index contributed by atoms with van der Waals surface area (Å²) in [6, 6.07) is 7.23. The summed E-state index contributed by atoms with van der Waals surface area (Å²) in [7, 11) is 2.11. The molecular weight excluding hydrogens is 342 g/mol. The molecule has 7 nitrogen and oxygen atoms in total. The van der Waals surface area contributed by atoms with E-state index in [0.29, 0.717) is 5.82 Å². The van der Waals surface area contributed by atoms with Crippen LogP contribution in [-0.4, -0.2) is 28.7 Å². The van der Waals surface area contributed by atoms with Crippen LogP contribution in [0.1, 0.15) is 37.5 Å². The molecule has 0 fully saturated rings. The first-order chi connectivity index (χ1) is 12.7. The maximum Gasteiger partial charge on any atom is 0.287 e. The lowest BCUT2D eigenvalue weighted by atomic mass is 9.87. The van der Waals surface area contributed by atoms with Crippen molar-refractivity contribution >= 4 is 29.0 Å². The van der Waals surface area contributed by atoms with Crippen LogP contribution in [0.25, 0.3) is 5.57 Å². The zero-order valence-electron chi connectivity index (χ0n) is 16.1. The van der Waals surface area contributed by atoms with Crippen LogP contribution < -0.4 is 10.3 Å². The van der Waals surface area contributed by atoms with Crippen LogP contribution in [-0.2, 0) is 0 Å². The number of anilines is 2. The van der Waals surface area contributed by atoms with Crippen LogP contribution >= 0.6 is 0 Å². The molecule has 0 bridgehead atoms. The van der Waals surface area contributed by atoms with Crippen LogP contribution in [0.15, 0.2) is 41.6 Å². The molecular formula is C20H23N5O2. The van der Waals surface area contributed by atoms with Gasteiger partial charge < -0.3 is 4.90 Å². The molecule has 0 radical (unpaired) electrons. The highest BCUT2D eigenvalue weighted by molar-refractivity contribution is 5.89. The number of rotatable bonds is 4. The largest absolute Gasteiger partial charge is 0.365 e. The maximum absolute atomic E-state index is 10.7. The van der Waals surface area contributed by atoms with E-state index in [1.54, 1.807) is 6.21 Å². The molecule has 1 N–H and O–H groups in total. The Kier molecular flexibility index (Phi) is 4.70. The lowest BCUT2D eigenvalue weighted by Gasteiger charge is -2.41. The van der Waals surface area contributed by atoms with Crippen molar-refractivity contribution in [2.24, 2.45) is 5.10 Å². The van der Waals surface area contributed by atoms with E-state index < -0.39 is 4.92 Å². The van der Waals surface area contributed by atoms with Gasteiger partial charge in [0.05, 0.1) is 16.7 Å². The molecule has 2 aromatic rings. The number of allylic oxidation sites excluding steroid dienone is 1. The number of fused-ring (bicyclic) bond motifs is 1. The number of benzene rings is 1. The number of nitrogens with zero attached hydrogens (tertiary/aromatic N) is 4. The number of aromatic nitrogens is 1. The fraction of sp³-hybridized carbons (Fsp3) is 0.300. The fourth-order valence-electron chi connectivity index (χ4n) is 3.18. The Hall–Kier alpha value is -3.22. The number of nitrogens with one attached hydrogen (secondary N) is 1. The van der Waals surface area contributed by atoms with Gasteiger partial charge in [-0.2, -0.15) is 5.10 Å². The Morgan fingerprint density at radius 2 is 2.04 bits per heavy atom. The predicted molar refractivity (Wildman–Crippen MR) is 109 cm³/mol. The Bertz CT molecular complexity index is 946. The fourth-order valence-corrected chi connectivity index (χ4v) is 3.18. The topological polar surface area (TPSA) is 83.7 Å². The van der Waals surface area contributed by atoms with Crippen molar-refractivity contribution in [3.63, 3.8) is 0 Å². The zero-order valence-corrected chi connectivity index (χ0v) is 16.1. The van der Waals surface area contributed by atoms with Crippen molar-refractivity contribution in [1.29, 1.82) is 0 Å². The second-order valence-electron chi connectivity index (χ2n) is 7.29. The molecule has 7 heteroatoms. The van der Waals surface area contributed by atoms with Crippen molar-refractivity contribution in [2.75, 3.05) is 17.4 Å². The third-order valence-electron chi connectivity index (χ3n) is 4.95. The number of pyridine rings is 1. The number of nitro groups is 1. The molecule has 1 aromatic heterocycles. The normalized spacial score (nSPS) is 15.4. The van der Waals surface area contributed by atoms with Crippen molar-refractivity contribution in [3.05, 3.63) is 63.3 Å². The Balaban J connectivity index is 1.83. The lowest BCUT2D eigenvalue weighted by molar-refractivity contribution is -0.385. The average Bonchev–Trinajstić information content (AvgIpc) is 2.61. The van der Waals surface area contributed by atoms with Gasteiger partial charge >= 0.3 is 0 Å². The smallest absolute Gasteiger partial charge is 0.287 e. The number of likely N-dealkylation sites (N-methyl/N-ethyl adjacent to an activating group) is 1. The molecule has 27 heavy (non-hydrogen) atoms. The first-order valence-electron chi connectivity index (χ1n) is 8.67. The Labute approximate surface area is 158 Å². The molecule has 1 aliphatic heterocycles.